The molecule has 0 saturated heterocycles. The summed E-state index contributed by atoms with van der Waals surface area (Å²) in [7, 11) is 1.56. The van der Waals surface area contributed by atoms with Crippen LogP contribution in [-0.2, 0) is 10.5 Å². The molecule has 0 aliphatic rings. The highest BCUT2D eigenvalue weighted by Crippen LogP contribution is 2.24. The smallest absolute Gasteiger partial charge is 0.255 e. The van der Waals surface area contributed by atoms with Crippen LogP contribution >= 0.6 is 23.1 Å². The van der Waals surface area contributed by atoms with Crippen LogP contribution in [0.5, 0.6) is 5.75 Å². The van der Waals surface area contributed by atoms with Gasteiger partial charge in [-0.1, -0.05) is 18.2 Å². The lowest BCUT2D eigenvalue weighted by Crippen LogP contribution is -2.15. The number of methoxy groups -OCH3 is 1. The summed E-state index contributed by atoms with van der Waals surface area (Å²) in [6.45, 7) is 0. The molecule has 1 aromatic heterocycles. The third-order valence-electron chi connectivity index (χ3n) is 3.84. The van der Waals surface area contributed by atoms with Gasteiger partial charge >= 0.3 is 0 Å². The number of para-hydroxylation sites is 2. The van der Waals surface area contributed by atoms with Crippen molar-refractivity contribution in [2.75, 3.05) is 23.5 Å². The van der Waals surface area contributed by atoms with Crippen molar-refractivity contribution >= 4 is 46.3 Å². The van der Waals surface area contributed by atoms with Crippen molar-refractivity contribution in [3.05, 3.63) is 76.5 Å². The number of rotatable bonds is 8. The minimum absolute atomic E-state index is 0.0622. The van der Waals surface area contributed by atoms with E-state index in [1.807, 2.05) is 23.6 Å². The molecular formula is C21H20N2O3S2. The van der Waals surface area contributed by atoms with Gasteiger partial charge in [-0.05, 0) is 47.8 Å². The SMILES string of the molecule is COc1ccccc1NC(=O)c1ccc(NC(=O)CSCc2cccs2)cc1. The molecule has 0 aliphatic heterocycles. The molecule has 5 nitrogen and oxygen atoms in total. The highest BCUT2D eigenvalue weighted by molar-refractivity contribution is 7.99. The molecule has 7 heteroatoms. The number of amides is 2. The van der Waals surface area contributed by atoms with E-state index in [2.05, 4.69) is 16.7 Å². The van der Waals surface area contributed by atoms with Crippen molar-refractivity contribution < 1.29 is 14.3 Å². The zero-order valence-corrected chi connectivity index (χ0v) is 16.9. The summed E-state index contributed by atoms with van der Waals surface area (Å²) in [5.74, 6) is 1.50. The second-order valence-electron chi connectivity index (χ2n) is 5.85. The van der Waals surface area contributed by atoms with Crippen LogP contribution < -0.4 is 15.4 Å². The number of carbonyl (C=O) groups is 2. The van der Waals surface area contributed by atoms with Gasteiger partial charge < -0.3 is 15.4 Å². The van der Waals surface area contributed by atoms with E-state index < -0.39 is 0 Å². The van der Waals surface area contributed by atoms with Crippen LogP contribution in [0.3, 0.4) is 0 Å². The summed E-state index contributed by atoms with van der Waals surface area (Å²) in [5.41, 5.74) is 1.77. The summed E-state index contributed by atoms with van der Waals surface area (Å²) in [4.78, 5) is 25.7. The molecule has 0 fully saturated rings. The Balaban J connectivity index is 1.51. The van der Waals surface area contributed by atoms with Gasteiger partial charge in [0, 0.05) is 21.9 Å². The maximum Gasteiger partial charge on any atom is 0.255 e. The monoisotopic (exact) mass is 412 g/mol. The molecule has 1 heterocycles. The van der Waals surface area contributed by atoms with Crippen molar-refractivity contribution in [2.45, 2.75) is 5.75 Å². The lowest BCUT2D eigenvalue weighted by molar-refractivity contribution is -0.113. The maximum atomic E-state index is 12.4. The fourth-order valence-electron chi connectivity index (χ4n) is 2.48. The fraction of sp³-hybridized carbons (Fsp3) is 0.143. The van der Waals surface area contributed by atoms with E-state index >= 15 is 0 Å². The van der Waals surface area contributed by atoms with Gasteiger partial charge in [0.2, 0.25) is 5.91 Å². The first-order valence-electron chi connectivity index (χ1n) is 8.60. The number of anilines is 2. The topological polar surface area (TPSA) is 67.4 Å². The Bertz CT molecular complexity index is 925. The summed E-state index contributed by atoms with van der Waals surface area (Å²) in [6.07, 6.45) is 0. The second-order valence-corrected chi connectivity index (χ2v) is 7.87. The Morgan fingerprint density at radius 1 is 1.00 bits per heavy atom. The summed E-state index contributed by atoms with van der Waals surface area (Å²) < 4.78 is 5.24. The summed E-state index contributed by atoms with van der Waals surface area (Å²) >= 11 is 3.26. The van der Waals surface area contributed by atoms with Gasteiger partial charge in [-0.2, -0.15) is 0 Å². The molecule has 0 bridgehead atoms. The Kier molecular flexibility index (Phi) is 7.11. The molecule has 3 aromatic rings. The van der Waals surface area contributed by atoms with E-state index in [0.29, 0.717) is 28.4 Å². The molecule has 0 saturated carbocycles. The average molecular weight is 413 g/mol. The second kappa shape index (κ2) is 9.96. The Morgan fingerprint density at radius 2 is 1.79 bits per heavy atom. The minimum atomic E-state index is -0.242. The van der Waals surface area contributed by atoms with Gasteiger partial charge in [0.05, 0.1) is 18.6 Å². The van der Waals surface area contributed by atoms with Crippen molar-refractivity contribution in [3.63, 3.8) is 0 Å². The molecule has 2 amide bonds. The fourth-order valence-corrected chi connectivity index (χ4v) is 4.15. The molecule has 0 aliphatic carbocycles. The molecule has 3 rings (SSSR count). The van der Waals surface area contributed by atoms with Crippen LogP contribution in [0.25, 0.3) is 0 Å². The van der Waals surface area contributed by atoms with Crippen LogP contribution in [-0.4, -0.2) is 24.7 Å². The lowest BCUT2D eigenvalue weighted by atomic mass is 10.2. The largest absolute Gasteiger partial charge is 0.495 e. The van der Waals surface area contributed by atoms with E-state index in [0.717, 1.165) is 5.75 Å². The van der Waals surface area contributed by atoms with E-state index in [9.17, 15) is 9.59 Å². The average Bonchev–Trinajstić information content (AvgIpc) is 3.22. The van der Waals surface area contributed by atoms with Crippen molar-refractivity contribution in [3.8, 4) is 5.75 Å². The Hall–Kier alpha value is -2.77. The molecule has 0 radical (unpaired) electrons. The molecule has 2 N–H and O–H groups in total. The number of thiophene rings is 1. The number of nitrogens with one attached hydrogen (secondary N) is 2. The molecule has 0 unspecified atom stereocenters. The normalized spacial score (nSPS) is 10.3. The summed E-state index contributed by atoms with van der Waals surface area (Å²) in [6, 6.07) is 18.1. The number of carbonyl (C=O) groups excluding carboxylic acids is 2. The molecule has 0 spiro atoms. The minimum Gasteiger partial charge on any atom is -0.495 e. The molecule has 0 atom stereocenters. The van der Waals surface area contributed by atoms with Crippen LogP contribution in [0.2, 0.25) is 0 Å². The van der Waals surface area contributed by atoms with E-state index in [1.165, 1.54) is 4.88 Å². The first-order chi connectivity index (χ1) is 13.7. The third-order valence-corrected chi connectivity index (χ3v) is 5.88. The van der Waals surface area contributed by atoms with Crippen LogP contribution in [0.4, 0.5) is 11.4 Å². The van der Waals surface area contributed by atoms with Gasteiger partial charge in [0.1, 0.15) is 5.75 Å². The number of ether oxygens (including phenoxy) is 1. The first-order valence-corrected chi connectivity index (χ1v) is 10.6. The van der Waals surface area contributed by atoms with Crippen LogP contribution in [0.15, 0.2) is 66.0 Å². The standard InChI is InChI=1S/C21H20N2O3S2/c1-26-19-7-3-2-6-18(19)23-21(25)15-8-10-16(11-9-15)22-20(24)14-27-13-17-5-4-12-28-17/h2-12H,13-14H2,1H3,(H,22,24)(H,23,25). The summed E-state index contributed by atoms with van der Waals surface area (Å²) in [5, 5.41) is 7.70. The van der Waals surface area contributed by atoms with Gasteiger partial charge in [-0.15, -0.1) is 23.1 Å². The Morgan fingerprint density at radius 3 is 2.50 bits per heavy atom. The number of benzene rings is 2. The quantitative estimate of drug-likeness (QED) is 0.553. The van der Waals surface area contributed by atoms with Crippen molar-refractivity contribution in [2.24, 2.45) is 0 Å². The number of hydrogen-bond acceptors (Lipinski definition) is 5. The van der Waals surface area contributed by atoms with Gasteiger partial charge in [-0.3, -0.25) is 9.59 Å². The van der Waals surface area contributed by atoms with Crippen molar-refractivity contribution in [1.29, 1.82) is 0 Å². The molecule has 2 aromatic carbocycles. The van der Waals surface area contributed by atoms with E-state index in [-0.39, 0.29) is 11.8 Å². The number of thioether (sulfide) groups is 1. The predicted octanol–water partition coefficient (Wildman–Crippen LogP) is 4.88. The van der Waals surface area contributed by atoms with E-state index in [1.54, 1.807) is 66.6 Å². The zero-order chi connectivity index (χ0) is 19.8. The van der Waals surface area contributed by atoms with Gasteiger partial charge in [-0.25, -0.2) is 0 Å². The third kappa shape index (κ3) is 5.61. The first kappa shape index (κ1) is 20.0. The lowest BCUT2D eigenvalue weighted by Gasteiger charge is -2.10. The highest BCUT2D eigenvalue weighted by atomic mass is 32.2. The zero-order valence-electron chi connectivity index (χ0n) is 15.3. The number of hydrogen-bond donors (Lipinski definition) is 2. The van der Waals surface area contributed by atoms with Crippen LogP contribution in [0.1, 0.15) is 15.2 Å². The highest BCUT2D eigenvalue weighted by Gasteiger charge is 2.10. The van der Waals surface area contributed by atoms with Crippen LogP contribution in [0, 0.1) is 0 Å². The Labute approximate surface area is 172 Å². The predicted molar refractivity (Wildman–Crippen MR) is 116 cm³/mol. The van der Waals surface area contributed by atoms with E-state index in [4.69, 9.17) is 4.74 Å². The molecular weight excluding hydrogens is 392 g/mol. The molecule has 28 heavy (non-hydrogen) atoms. The van der Waals surface area contributed by atoms with Crippen molar-refractivity contribution in [1.82, 2.24) is 0 Å². The van der Waals surface area contributed by atoms with Gasteiger partial charge in [0.25, 0.3) is 5.91 Å². The van der Waals surface area contributed by atoms with Gasteiger partial charge in [0.15, 0.2) is 0 Å². The molecule has 144 valence electrons. The maximum absolute atomic E-state index is 12.4.